The van der Waals surface area contributed by atoms with Gasteiger partial charge in [-0.3, -0.25) is 9.59 Å². The second-order valence-electron chi connectivity index (χ2n) is 13.8. The van der Waals surface area contributed by atoms with Gasteiger partial charge in [0.2, 0.25) is 0 Å². The van der Waals surface area contributed by atoms with Crippen molar-refractivity contribution in [1.29, 1.82) is 0 Å². The van der Waals surface area contributed by atoms with E-state index in [2.05, 4.69) is 34.6 Å². The molecular formula is C40H40N4O8. The Morgan fingerprint density at radius 1 is 0.846 bits per heavy atom. The number of amides is 3. The van der Waals surface area contributed by atoms with Gasteiger partial charge in [0.25, 0.3) is 11.7 Å². The zero-order valence-corrected chi connectivity index (χ0v) is 29.5. The summed E-state index contributed by atoms with van der Waals surface area (Å²) in [7, 11) is 1.49. The Hall–Kier alpha value is -6.04. The lowest BCUT2D eigenvalue weighted by Gasteiger charge is -2.34. The van der Waals surface area contributed by atoms with Gasteiger partial charge in [-0.2, -0.15) is 0 Å². The fourth-order valence-corrected chi connectivity index (χ4v) is 6.90. The monoisotopic (exact) mass is 704 g/mol. The average Bonchev–Trinajstić information content (AvgIpc) is 3.88. The molecule has 12 nitrogen and oxygen atoms in total. The molecule has 0 radical (unpaired) electrons. The molecule has 0 spiro atoms. The number of alkyl carbamates (subject to hydrolysis) is 1. The molecule has 1 aliphatic heterocycles. The molecule has 1 aliphatic carbocycles. The molecule has 12 heteroatoms. The number of aromatic nitrogens is 1. The van der Waals surface area contributed by atoms with E-state index in [1.165, 1.54) is 18.2 Å². The first-order valence-electron chi connectivity index (χ1n) is 17.2. The molecule has 3 amide bonds. The fraction of sp³-hybridized carbons (Fsp3) is 0.300. The average molecular weight is 705 g/mol. The zero-order chi connectivity index (χ0) is 36.6. The predicted molar refractivity (Wildman–Crippen MR) is 193 cm³/mol. The Balaban J connectivity index is 0.990. The van der Waals surface area contributed by atoms with Crippen LogP contribution < -0.4 is 10.1 Å². The minimum atomic E-state index is -0.696. The van der Waals surface area contributed by atoms with E-state index in [1.54, 1.807) is 49.9 Å². The van der Waals surface area contributed by atoms with Crippen LogP contribution in [-0.4, -0.2) is 84.2 Å². The van der Waals surface area contributed by atoms with Crippen molar-refractivity contribution in [2.75, 3.05) is 39.9 Å². The summed E-state index contributed by atoms with van der Waals surface area (Å²) in [5, 5.41) is 3.12. The number of ether oxygens (including phenoxy) is 3. The van der Waals surface area contributed by atoms with E-state index in [-0.39, 0.29) is 50.8 Å². The first-order valence-corrected chi connectivity index (χ1v) is 17.2. The molecule has 2 aromatic heterocycles. The quantitative estimate of drug-likeness (QED) is 0.134. The topological polar surface area (TPSA) is 143 Å². The molecule has 0 atom stereocenters. The molecule has 5 aromatic rings. The summed E-state index contributed by atoms with van der Waals surface area (Å²) in [6.45, 7) is 6.52. The summed E-state index contributed by atoms with van der Waals surface area (Å²) >= 11 is 0. The highest BCUT2D eigenvalue weighted by Crippen LogP contribution is 2.44. The number of benzene rings is 3. The minimum Gasteiger partial charge on any atom is -0.496 e. The van der Waals surface area contributed by atoms with E-state index in [9.17, 15) is 19.2 Å². The van der Waals surface area contributed by atoms with Gasteiger partial charge in [0.05, 0.1) is 30.1 Å². The second kappa shape index (κ2) is 13.9. The highest BCUT2D eigenvalue weighted by molar-refractivity contribution is 6.45. The number of H-pyrrole nitrogens is 1. The number of carbonyl (C=O) groups is 4. The van der Waals surface area contributed by atoms with Crippen molar-refractivity contribution in [2.24, 2.45) is 0 Å². The molecule has 2 N–H and O–H groups in total. The maximum absolute atomic E-state index is 13.7. The van der Waals surface area contributed by atoms with Gasteiger partial charge < -0.3 is 38.7 Å². The lowest BCUT2D eigenvalue weighted by atomic mass is 9.98. The Labute approximate surface area is 300 Å². The van der Waals surface area contributed by atoms with E-state index in [0.29, 0.717) is 33.7 Å². The van der Waals surface area contributed by atoms with Crippen LogP contribution in [0.1, 0.15) is 53.9 Å². The fourth-order valence-electron chi connectivity index (χ4n) is 6.90. The molecular weight excluding hydrogens is 664 g/mol. The maximum atomic E-state index is 13.7. The smallest absolute Gasteiger partial charge is 0.409 e. The highest BCUT2D eigenvalue weighted by atomic mass is 16.6. The third-order valence-electron chi connectivity index (χ3n) is 9.35. The number of nitrogens with one attached hydrogen (secondary N) is 2. The normalized spacial score (nSPS) is 14.2. The van der Waals surface area contributed by atoms with Crippen LogP contribution in [0.4, 0.5) is 9.59 Å². The predicted octanol–water partition coefficient (Wildman–Crippen LogP) is 6.74. The number of rotatable bonds is 8. The van der Waals surface area contributed by atoms with Crippen molar-refractivity contribution in [3.63, 3.8) is 0 Å². The maximum Gasteiger partial charge on any atom is 0.409 e. The zero-order valence-electron chi connectivity index (χ0n) is 29.5. The van der Waals surface area contributed by atoms with Crippen molar-refractivity contribution >= 4 is 34.8 Å². The molecule has 52 heavy (non-hydrogen) atoms. The summed E-state index contributed by atoms with van der Waals surface area (Å²) in [5.74, 6) is -0.0200. The van der Waals surface area contributed by atoms with E-state index >= 15 is 0 Å². The summed E-state index contributed by atoms with van der Waals surface area (Å²) in [4.78, 5) is 58.7. The number of hydrogen-bond donors (Lipinski definition) is 2. The van der Waals surface area contributed by atoms with Crippen LogP contribution in [-0.2, 0) is 20.8 Å². The third kappa shape index (κ3) is 6.71. The van der Waals surface area contributed by atoms with Crippen LogP contribution in [0.25, 0.3) is 33.4 Å². The summed E-state index contributed by atoms with van der Waals surface area (Å²) < 4.78 is 22.7. The molecule has 3 aromatic carbocycles. The number of ketones is 1. The lowest BCUT2D eigenvalue weighted by molar-refractivity contribution is -0.128. The SMILES string of the molecule is COc1ccc(-c2ccc(CNC(=O)OC(C)(C)C)o2)c2[nH]cc(C(=O)C(=O)N3CCN(C(=O)OCC4c5ccccc5-c5ccccc54)CC3)c12. The van der Waals surface area contributed by atoms with Gasteiger partial charge in [0.1, 0.15) is 29.5 Å². The van der Waals surface area contributed by atoms with Crippen LogP contribution in [0.2, 0.25) is 0 Å². The van der Waals surface area contributed by atoms with Gasteiger partial charge in [0.15, 0.2) is 0 Å². The number of furan rings is 1. The summed E-state index contributed by atoms with van der Waals surface area (Å²) in [6.07, 6.45) is 0.488. The molecule has 0 bridgehead atoms. The summed E-state index contributed by atoms with van der Waals surface area (Å²) in [5.41, 5.74) is 5.30. The number of aromatic amines is 1. The summed E-state index contributed by atoms with van der Waals surface area (Å²) in [6, 6.07) is 23.3. The molecule has 7 rings (SSSR count). The first kappa shape index (κ1) is 34.4. The van der Waals surface area contributed by atoms with Crippen LogP contribution in [0.15, 0.2) is 83.4 Å². The van der Waals surface area contributed by atoms with Crippen LogP contribution >= 0.6 is 0 Å². The molecule has 0 saturated carbocycles. The van der Waals surface area contributed by atoms with Crippen molar-refractivity contribution in [3.05, 3.63) is 101 Å². The standard InChI is InChI=1S/C40H40N4O8/c1-40(2,3)52-38(47)42-21-24-13-15-32(51-24)29-14-16-33(49-4)34-30(22-41-35(29)34)36(45)37(46)43-17-19-44(20-18-43)39(48)50-23-31-27-11-7-5-9-25(27)26-10-6-8-12-28(26)31/h5-16,22,31,41H,17-21,23H2,1-4H3,(H,42,47). The van der Waals surface area contributed by atoms with Crippen LogP contribution in [0.5, 0.6) is 5.75 Å². The molecule has 1 fully saturated rings. The van der Waals surface area contributed by atoms with Gasteiger partial charge in [-0.05, 0) is 67.3 Å². The lowest BCUT2D eigenvalue weighted by Crippen LogP contribution is -2.52. The van der Waals surface area contributed by atoms with E-state index in [4.69, 9.17) is 18.6 Å². The Morgan fingerprint density at radius 3 is 2.15 bits per heavy atom. The van der Waals surface area contributed by atoms with Crippen LogP contribution in [0.3, 0.4) is 0 Å². The van der Waals surface area contributed by atoms with Gasteiger partial charge in [-0.15, -0.1) is 0 Å². The molecule has 2 aliphatic rings. The largest absolute Gasteiger partial charge is 0.496 e. The van der Waals surface area contributed by atoms with Gasteiger partial charge in [-0.1, -0.05) is 48.5 Å². The third-order valence-corrected chi connectivity index (χ3v) is 9.35. The number of Topliss-reactive ketones (excluding diaryl/α,β-unsaturated/α-hetero) is 1. The van der Waals surface area contributed by atoms with Gasteiger partial charge in [-0.25, -0.2) is 9.59 Å². The molecule has 1 saturated heterocycles. The molecule has 3 heterocycles. The van der Waals surface area contributed by atoms with E-state index in [0.717, 1.165) is 22.3 Å². The Bertz CT molecular complexity index is 2120. The Kier molecular flexibility index (Phi) is 9.22. The highest BCUT2D eigenvalue weighted by Gasteiger charge is 2.33. The van der Waals surface area contributed by atoms with E-state index in [1.807, 2.05) is 24.3 Å². The van der Waals surface area contributed by atoms with Crippen molar-refractivity contribution in [3.8, 4) is 28.2 Å². The number of carbonyl (C=O) groups excluding carboxylic acids is 4. The van der Waals surface area contributed by atoms with Crippen molar-refractivity contribution in [1.82, 2.24) is 20.1 Å². The number of nitrogens with zero attached hydrogens (tertiary/aromatic N) is 2. The number of piperazine rings is 1. The van der Waals surface area contributed by atoms with E-state index < -0.39 is 29.5 Å². The van der Waals surface area contributed by atoms with Crippen LogP contribution in [0, 0.1) is 0 Å². The number of fused-ring (bicyclic) bond motifs is 4. The molecule has 268 valence electrons. The van der Waals surface area contributed by atoms with Crippen molar-refractivity contribution < 1.29 is 37.8 Å². The minimum absolute atomic E-state index is 0.0541. The molecule has 0 unspecified atom stereocenters. The van der Waals surface area contributed by atoms with Gasteiger partial charge >= 0.3 is 12.2 Å². The second-order valence-corrected chi connectivity index (χ2v) is 13.8. The Morgan fingerprint density at radius 2 is 1.50 bits per heavy atom. The number of methoxy groups -OCH3 is 1. The first-order chi connectivity index (χ1) is 25.0. The van der Waals surface area contributed by atoms with Gasteiger partial charge in [0, 0.05) is 43.9 Å². The number of hydrogen-bond acceptors (Lipinski definition) is 8. The van der Waals surface area contributed by atoms with Crippen molar-refractivity contribution in [2.45, 2.75) is 38.8 Å².